The van der Waals surface area contributed by atoms with Crippen LogP contribution in [-0.4, -0.2) is 67.9 Å². The maximum Gasteiger partial charge on any atom is 0.297 e. The Bertz CT molecular complexity index is 545. The summed E-state index contributed by atoms with van der Waals surface area (Å²) in [6.45, 7) is 6.95. The Morgan fingerprint density at radius 3 is 1.76 bits per heavy atom. The lowest BCUT2D eigenvalue weighted by Crippen LogP contribution is -2.15. The highest BCUT2D eigenvalue weighted by molar-refractivity contribution is 7.86. The van der Waals surface area contributed by atoms with Gasteiger partial charge in [0, 0.05) is 0 Å². The smallest absolute Gasteiger partial charge is 0.297 e. The van der Waals surface area contributed by atoms with E-state index < -0.39 is 10.1 Å². The van der Waals surface area contributed by atoms with Gasteiger partial charge in [-0.15, -0.1) is 6.58 Å². The van der Waals surface area contributed by atoms with Crippen molar-refractivity contribution < 1.29 is 31.5 Å². The molecule has 0 unspecified atom stereocenters. The monoisotopic (exact) mass is 374 g/mol. The molecule has 142 valence electrons. The van der Waals surface area contributed by atoms with Crippen LogP contribution in [0, 0.1) is 0 Å². The number of hydrogen-bond donors (Lipinski definition) is 0. The van der Waals surface area contributed by atoms with E-state index in [1.165, 1.54) is 12.1 Å². The van der Waals surface area contributed by atoms with Gasteiger partial charge in [0.05, 0.1) is 64.4 Å². The zero-order valence-electron chi connectivity index (χ0n) is 14.3. The molecule has 0 saturated heterocycles. The summed E-state index contributed by atoms with van der Waals surface area (Å²) in [5.74, 6) is 0. The van der Waals surface area contributed by atoms with Crippen LogP contribution >= 0.6 is 0 Å². The molecule has 0 aromatic heterocycles. The van der Waals surface area contributed by atoms with E-state index in [1.807, 2.05) is 0 Å². The second-order valence-electron chi connectivity index (χ2n) is 4.79. The van der Waals surface area contributed by atoms with Crippen LogP contribution in [0.1, 0.15) is 0 Å². The van der Waals surface area contributed by atoms with Crippen molar-refractivity contribution in [3.63, 3.8) is 0 Å². The Hall–Kier alpha value is -1.29. The van der Waals surface area contributed by atoms with Gasteiger partial charge in [-0.25, -0.2) is 0 Å². The summed E-state index contributed by atoms with van der Waals surface area (Å²) in [6, 6.07) is 7.99. The average Bonchev–Trinajstić information content (AvgIpc) is 2.63. The van der Waals surface area contributed by atoms with Gasteiger partial charge in [0.2, 0.25) is 0 Å². The van der Waals surface area contributed by atoms with E-state index in [1.54, 1.807) is 24.3 Å². The topological polar surface area (TPSA) is 80.3 Å². The van der Waals surface area contributed by atoms with Crippen LogP contribution in [0.25, 0.3) is 0 Å². The minimum absolute atomic E-state index is 0.0367. The quantitative estimate of drug-likeness (QED) is 0.247. The highest BCUT2D eigenvalue weighted by Crippen LogP contribution is 2.10. The minimum Gasteiger partial charge on any atom is -0.377 e. The van der Waals surface area contributed by atoms with Gasteiger partial charge in [0.15, 0.2) is 0 Å². The molecule has 0 spiro atoms. The van der Waals surface area contributed by atoms with Crippen molar-refractivity contribution in [2.45, 2.75) is 4.90 Å². The van der Waals surface area contributed by atoms with E-state index >= 15 is 0 Å². The molecule has 0 atom stereocenters. The van der Waals surface area contributed by atoms with E-state index in [0.717, 1.165) is 0 Å². The predicted molar refractivity (Wildman–Crippen MR) is 93.1 cm³/mol. The molecule has 7 nitrogen and oxygen atoms in total. The molecule has 1 aromatic rings. The Balaban J connectivity index is 1.90. The first kappa shape index (κ1) is 21.8. The van der Waals surface area contributed by atoms with E-state index in [4.69, 9.17) is 23.1 Å². The molecule has 0 bridgehead atoms. The summed E-state index contributed by atoms with van der Waals surface area (Å²) >= 11 is 0. The van der Waals surface area contributed by atoms with Crippen molar-refractivity contribution in [1.82, 2.24) is 0 Å². The van der Waals surface area contributed by atoms with E-state index in [2.05, 4.69) is 6.58 Å². The van der Waals surface area contributed by atoms with Gasteiger partial charge in [0.1, 0.15) is 0 Å². The summed E-state index contributed by atoms with van der Waals surface area (Å²) in [5, 5.41) is 0. The van der Waals surface area contributed by atoms with Gasteiger partial charge in [-0.2, -0.15) is 8.42 Å². The number of benzene rings is 1. The molecule has 8 heteroatoms. The van der Waals surface area contributed by atoms with E-state index in [0.29, 0.717) is 46.2 Å². The second-order valence-corrected chi connectivity index (χ2v) is 6.41. The van der Waals surface area contributed by atoms with Crippen molar-refractivity contribution in [1.29, 1.82) is 0 Å². The first-order chi connectivity index (χ1) is 12.2. The van der Waals surface area contributed by atoms with Crippen molar-refractivity contribution >= 4 is 10.1 Å². The van der Waals surface area contributed by atoms with Crippen molar-refractivity contribution in [3.8, 4) is 0 Å². The zero-order valence-corrected chi connectivity index (χ0v) is 15.1. The van der Waals surface area contributed by atoms with Gasteiger partial charge in [0.25, 0.3) is 10.1 Å². The molecular weight excluding hydrogens is 348 g/mol. The van der Waals surface area contributed by atoms with E-state index in [9.17, 15) is 8.42 Å². The van der Waals surface area contributed by atoms with Crippen LogP contribution in [0.3, 0.4) is 0 Å². The van der Waals surface area contributed by atoms with Gasteiger partial charge in [-0.1, -0.05) is 24.3 Å². The summed E-state index contributed by atoms with van der Waals surface area (Å²) < 4.78 is 49.5. The lowest BCUT2D eigenvalue weighted by Gasteiger charge is -2.08. The molecule has 0 radical (unpaired) electrons. The van der Waals surface area contributed by atoms with Crippen molar-refractivity contribution in [2.24, 2.45) is 0 Å². The first-order valence-corrected chi connectivity index (χ1v) is 9.44. The highest BCUT2D eigenvalue weighted by atomic mass is 32.2. The average molecular weight is 374 g/mol. The standard InChI is InChI=1S/C17H26O7S/c1-2-8-20-9-10-21-11-12-22-13-14-23-15-16-24-25(18,19)17-6-4-3-5-7-17/h2-7H,1,8-16H2. The molecule has 0 saturated carbocycles. The fraction of sp³-hybridized carbons (Fsp3) is 0.529. The molecule has 0 aliphatic carbocycles. The molecule has 0 fully saturated rings. The van der Waals surface area contributed by atoms with Gasteiger partial charge in [-0.05, 0) is 12.1 Å². The third-order valence-corrected chi connectivity index (χ3v) is 4.18. The lowest BCUT2D eigenvalue weighted by atomic mass is 10.4. The van der Waals surface area contributed by atoms with Crippen LogP contribution in [0.15, 0.2) is 47.9 Å². The number of ether oxygens (including phenoxy) is 4. The van der Waals surface area contributed by atoms with Gasteiger partial charge in [-0.3, -0.25) is 4.18 Å². The zero-order chi connectivity index (χ0) is 18.2. The van der Waals surface area contributed by atoms with Crippen molar-refractivity contribution in [3.05, 3.63) is 43.0 Å². The van der Waals surface area contributed by atoms with Crippen molar-refractivity contribution in [2.75, 3.05) is 59.5 Å². The predicted octanol–water partition coefficient (Wildman–Crippen LogP) is 1.64. The molecule has 1 rings (SSSR count). The highest BCUT2D eigenvalue weighted by Gasteiger charge is 2.13. The molecule has 0 amide bonds. The van der Waals surface area contributed by atoms with Gasteiger partial charge >= 0.3 is 0 Å². The molecular formula is C17H26O7S. The molecule has 25 heavy (non-hydrogen) atoms. The van der Waals surface area contributed by atoms with Crippen LogP contribution in [-0.2, 0) is 33.2 Å². The summed E-state index contributed by atoms with van der Waals surface area (Å²) in [7, 11) is -3.72. The first-order valence-electron chi connectivity index (χ1n) is 8.03. The maximum atomic E-state index is 11.8. The molecule has 0 aliphatic heterocycles. The Morgan fingerprint density at radius 2 is 1.24 bits per heavy atom. The number of hydrogen-bond acceptors (Lipinski definition) is 7. The second kappa shape index (κ2) is 13.9. The molecule has 0 aliphatic rings. The van der Waals surface area contributed by atoms with E-state index in [-0.39, 0.29) is 18.1 Å². The fourth-order valence-electron chi connectivity index (χ4n) is 1.68. The van der Waals surface area contributed by atoms with Crippen LogP contribution in [0.2, 0.25) is 0 Å². The van der Waals surface area contributed by atoms with Crippen LogP contribution in [0.5, 0.6) is 0 Å². The Morgan fingerprint density at radius 1 is 0.760 bits per heavy atom. The normalized spacial score (nSPS) is 11.5. The summed E-state index contributed by atoms with van der Waals surface area (Å²) in [5.41, 5.74) is 0. The third kappa shape index (κ3) is 11.0. The molecule has 0 heterocycles. The maximum absolute atomic E-state index is 11.8. The lowest BCUT2D eigenvalue weighted by molar-refractivity contribution is -0.00200. The van der Waals surface area contributed by atoms with Crippen LogP contribution < -0.4 is 0 Å². The SMILES string of the molecule is C=CCOCCOCCOCCOCCOS(=O)(=O)c1ccccc1. The van der Waals surface area contributed by atoms with Gasteiger partial charge < -0.3 is 18.9 Å². The largest absolute Gasteiger partial charge is 0.377 e. The number of rotatable bonds is 16. The Kier molecular flexibility index (Phi) is 12.1. The minimum atomic E-state index is -3.72. The summed E-state index contributed by atoms with van der Waals surface area (Å²) in [6.07, 6.45) is 1.69. The fourth-order valence-corrected chi connectivity index (χ4v) is 2.60. The third-order valence-electron chi connectivity index (χ3n) is 2.85. The molecule has 0 N–H and O–H groups in total. The Labute approximate surface area is 149 Å². The summed E-state index contributed by atoms with van der Waals surface area (Å²) in [4.78, 5) is 0.133. The van der Waals surface area contributed by atoms with Crippen LogP contribution in [0.4, 0.5) is 0 Å². The molecule has 1 aromatic carbocycles.